The molecule has 3 fully saturated rings. The molecule has 3 aliphatic rings. The molecule has 1 N–H and O–H groups in total. The molecule has 38 heavy (non-hydrogen) atoms. The van der Waals surface area contributed by atoms with E-state index < -0.39 is 9.84 Å². The van der Waals surface area contributed by atoms with Gasteiger partial charge in [0.25, 0.3) is 0 Å². The lowest BCUT2D eigenvalue weighted by molar-refractivity contribution is 0.122. The van der Waals surface area contributed by atoms with Gasteiger partial charge in [0.05, 0.1) is 23.5 Å². The largest absolute Gasteiger partial charge is 0.378 e. The lowest BCUT2D eigenvalue weighted by atomic mass is 10.1. The molecule has 1 aliphatic carbocycles. The minimum absolute atomic E-state index is 0.260. The maximum atomic E-state index is 12.5. The summed E-state index contributed by atoms with van der Waals surface area (Å²) >= 11 is 1.72. The third kappa shape index (κ3) is 4.71. The van der Waals surface area contributed by atoms with Crippen LogP contribution in [0.5, 0.6) is 0 Å². The van der Waals surface area contributed by atoms with Crippen molar-refractivity contribution >= 4 is 48.1 Å². The van der Waals surface area contributed by atoms with E-state index in [-0.39, 0.29) is 4.90 Å². The van der Waals surface area contributed by atoms with Gasteiger partial charge in [0.1, 0.15) is 10.6 Å². The van der Waals surface area contributed by atoms with Gasteiger partial charge in [-0.1, -0.05) is 0 Å². The Morgan fingerprint density at radius 3 is 2.55 bits per heavy atom. The lowest BCUT2D eigenvalue weighted by Crippen LogP contribution is -2.46. The van der Waals surface area contributed by atoms with Crippen LogP contribution in [0.1, 0.15) is 17.7 Å². The highest BCUT2D eigenvalue weighted by Gasteiger charge is 2.31. The molecule has 2 saturated heterocycles. The number of fused-ring (bicyclic) bond motifs is 2. The number of H-pyrrole nitrogens is 1. The van der Waals surface area contributed by atoms with Crippen LogP contribution >= 0.6 is 11.3 Å². The topological polar surface area (TPSA) is 94.7 Å². The Labute approximate surface area is 226 Å². The third-order valence-corrected chi connectivity index (χ3v) is 10.0. The molecule has 1 saturated carbocycles. The molecule has 0 bridgehead atoms. The number of nitrogens with one attached hydrogen (secondary N) is 1. The number of anilines is 1. The van der Waals surface area contributed by atoms with E-state index in [1.807, 2.05) is 12.3 Å². The molecule has 0 spiro atoms. The zero-order chi connectivity index (χ0) is 25.9. The zero-order valence-corrected chi connectivity index (χ0v) is 23.2. The van der Waals surface area contributed by atoms with Gasteiger partial charge in [-0.3, -0.25) is 9.80 Å². The van der Waals surface area contributed by atoms with Crippen molar-refractivity contribution in [3.63, 3.8) is 0 Å². The average molecular weight is 553 g/mol. The van der Waals surface area contributed by atoms with Crippen molar-refractivity contribution in [2.45, 2.75) is 30.3 Å². The number of piperazine rings is 1. The van der Waals surface area contributed by atoms with Gasteiger partial charge in [-0.05, 0) is 37.1 Å². The molecule has 0 amide bonds. The summed E-state index contributed by atoms with van der Waals surface area (Å²) in [5, 5.41) is 1.98. The van der Waals surface area contributed by atoms with E-state index in [4.69, 9.17) is 14.7 Å². The van der Waals surface area contributed by atoms with E-state index in [0.717, 1.165) is 84.4 Å². The third-order valence-electron chi connectivity index (χ3n) is 7.90. The van der Waals surface area contributed by atoms with Crippen molar-refractivity contribution in [3.8, 4) is 11.4 Å². The van der Waals surface area contributed by atoms with Crippen LogP contribution in [0.3, 0.4) is 0 Å². The highest BCUT2D eigenvalue weighted by Crippen LogP contribution is 2.37. The average Bonchev–Trinajstić information content (AvgIpc) is 3.51. The number of benzene rings is 1. The Morgan fingerprint density at radius 2 is 1.82 bits per heavy atom. The molecule has 0 radical (unpaired) electrons. The highest BCUT2D eigenvalue weighted by molar-refractivity contribution is 7.90. The summed E-state index contributed by atoms with van der Waals surface area (Å²) in [6.07, 6.45) is 5.79. The number of sulfone groups is 1. The molecule has 1 aromatic carbocycles. The first-order valence-electron chi connectivity index (χ1n) is 13.3. The standard InChI is InChI=1S/C27H32N6O3S2/c1-38(34,35)20-15-22(21-4-5-28-24(21)16-20)25-29-26(33-10-12-36-13-11-33)23-14-19(37-27(23)30-25)17-31-6-8-32(9-7-31)18-2-3-18/h4-5,14-16,18,28H,2-3,6-13,17H2,1H3. The number of morpholine rings is 1. The summed E-state index contributed by atoms with van der Waals surface area (Å²) in [6, 6.07) is 8.45. The molecule has 0 atom stereocenters. The first kappa shape index (κ1) is 24.5. The van der Waals surface area contributed by atoms with Crippen LogP contribution in [0.25, 0.3) is 32.5 Å². The molecule has 11 heteroatoms. The molecular formula is C27H32N6O3S2. The van der Waals surface area contributed by atoms with E-state index in [1.165, 1.54) is 24.0 Å². The van der Waals surface area contributed by atoms with Crippen LogP contribution in [-0.2, 0) is 21.1 Å². The Morgan fingerprint density at radius 1 is 1.03 bits per heavy atom. The number of aromatic amines is 1. The maximum absolute atomic E-state index is 12.5. The minimum atomic E-state index is -3.40. The summed E-state index contributed by atoms with van der Waals surface area (Å²) in [4.78, 5) is 23.2. The van der Waals surface area contributed by atoms with E-state index in [1.54, 1.807) is 23.5 Å². The molecule has 2 aliphatic heterocycles. The van der Waals surface area contributed by atoms with Gasteiger partial charge in [-0.25, -0.2) is 18.4 Å². The van der Waals surface area contributed by atoms with Crippen molar-refractivity contribution < 1.29 is 13.2 Å². The number of rotatable bonds is 6. The summed E-state index contributed by atoms with van der Waals surface area (Å²) in [7, 11) is -3.40. The van der Waals surface area contributed by atoms with Crippen molar-refractivity contribution in [1.29, 1.82) is 0 Å². The van der Waals surface area contributed by atoms with Gasteiger partial charge < -0.3 is 14.6 Å². The van der Waals surface area contributed by atoms with Crippen molar-refractivity contribution in [1.82, 2.24) is 24.8 Å². The second-order valence-corrected chi connectivity index (χ2v) is 13.8. The van der Waals surface area contributed by atoms with Gasteiger partial charge >= 0.3 is 0 Å². The number of thiophene rings is 1. The fraction of sp³-hybridized carbons (Fsp3) is 0.481. The van der Waals surface area contributed by atoms with Crippen molar-refractivity contribution in [2.75, 3.05) is 63.6 Å². The second kappa shape index (κ2) is 9.56. The highest BCUT2D eigenvalue weighted by atomic mass is 32.2. The SMILES string of the molecule is CS(=O)(=O)c1cc(-c2nc(N3CCOCC3)c3cc(CN4CCN(C5CC5)CC4)sc3n2)c2cc[nH]c2c1. The van der Waals surface area contributed by atoms with E-state index in [0.29, 0.717) is 19.0 Å². The predicted molar refractivity (Wildman–Crippen MR) is 151 cm³/mol. The van der Waals surface area contributed by atoms with E-state index >= 15 is 0 Å². The molecular weight excluding hydrogens is 520 g/mol. The molecule has 9 nitrogen and oxygen atoms in total. The monoisotopic (exact) mass is 552 g/mol. The molecule has 5 heterocycles. The predicted octanol–water partition coefficient (Wildman–Crippen LogP) is 3.36. The number of hydrogen-bond donors (Lipinski definition) is 1. The van der Waals surface area contributed by atoms with Crippen LogP contribution in [-0.4, -0.2) is 97.9 Å². The Kier molecular flexibility index (Phi) is 6.16. The van der Waals surface area contributed by atoms with E-state index in [9.17, 15) is 8.42 Å². The number of ether oxygens (including phenoxy) is 1. The Balaban J connectivity index is 1.29. The second-order valence-electron chi connectivity index (χ2n) is 10.6. The van der Waals surface area contributed by atoms with Crippen molar-refractivity contribution in [2.24, 2.45) is 0 Å². The van der Waals surface area contributed by atoms with Gasteiger partial charge in [0.15, 0.2) is 15.7 Å². The summed E-state index contributed by atoms with van der Waals surface area (Å²) in [6.45, 7) is 8.28. The summed E-state index contributed by atoms with van der Waals surface area (Å²) in [5.74, 6) is 1.46. The van der Waals surface area contributed by atoms with Gasteiger partial charge in [0.2, 0.25) is 0 Å². The first-order chi connectivity index (χ1) is 18.4. The summed E-state index contributed by atoms with van der Waals surface area (Å²) in [5.41, 5.74) is 1.49. The normalized spacial score (nSPS) is 20.1. The van der Waals surface area contributed by atoms with Gasteiger partial charge in [-0.2, -0.15) is 0 Å². The minimum Gasteiger partial charge on any atom is -0.378 e. The molecule has 0 unspecified atom stereocenters. The smallest absolute Gasteiger partial charge is 0.175 e. The van der Waals surface area contributed by atoms with Gasteiger partial charge in [0, 0.05) is 85.7 Å². The van der Waals surface area contributed by atoms with Crippen molar-refractivity contribution in [3.05, 3.63) is 35.3 Å². The number of aromatic nitrogens is 3. The molecule has 3 aromatic heterocycles. The quantitative estimate of drug-likeness (QED) is 0.389. The molecule has 200 valence electrons. The van der Waals surface area contributed by atoms with Crippen LogP contribution in [0, 0.1) is 0 Å². The number of hydrogen-bond acceptors (Lipinski definition) is 9. The fourth-order valence-corrected chi connectivity index (χ4v) is 7.39. The Hall–Kier alpha value is -2.57. The van der Waals surface area contributed by atoms with Crippen LogP contribution in [0.4, 0.5) is 5.82 Å². The van der Waals surface area contributed by atoms with Crippen LogP contribution in [0.2, 0.25) is 0 Å². The van der Waals surface area contributed by atoms with Crippen LogP contribution in [0.15, 0.2) is 35.4 Å². The lowest BCUT2D eigenvalue weighted by Gasteiger charge is -2.34. The maximum Gasteiger partial charge on any atom is 0.175 e. The zero-order valence-electron chi connectivity index (χ0n) is 21.5. The van der Waals surface area contributed by atoms with Gasteiger partial charge in [-0.15, -0.1) is 11.3 Å². The Bertz CT molecular complexity index is 1600. The summed E-state index contributed by atoms with van der Waals surface area (Å²) < 4.78 is 30.6. The van der Waals surface area contributed by atoms with Crippen LogP contribution < -0.4 is 4.90 Å². The molecule has 7 rings (SSSR count). The number of nitrogens with zero attached hydrogens (tertiary/aromatic N) is 5. The molecule has 4 aromatic rings. The fourth-order valence-electron chi connectivity index (χ4n) is 5.66. The first-order valence-corrected chi connectivity index (χ1v) is 16.0. The van der Waals surface area contributed by atoms with E-state index in [2.05, 4.69) is 25.8 Å².